The van der Waals surface area contributed by atoms with Gasteiger partial charge in [-0.05, 0) is 75.4 Å². The van der Waals surface area contributed by atoms with E-state index in [0.29, 0.717) is 4.90 Å². The molecule has 1 unspecified atom stereocenters. The van der Waals surface area contributed by atoms with E-state index in [2.05, 4.69) is 37.4 Å². The molecule has 1 atom stereocenters. The molecule has 1 aromatic heterocycles. The summed E-state index contributed by atoms with van der Waals surface area (Å²) in [7, 11) is 0. The lowest BCUT2D eigenvalue weighted by Crippen LogP contribution is -2.45. The Hall–Kier alpha value is -0.760. The number of rotatable bonds is 4. The van der Waals surface area contributed by atoms with Crippen molar-refractivity contribution in [3.8, 4) is 0 Å². The minimum atomic E-state index is -1.59. The number of halogens is 2. The molecule has 112 valence electrons. The highest BCUT2D eigenvalue weighted by atomic mass is 79.9. The van der Waals surface area contributed by atoms with E-state index in [4.69, 9.17) is 4.28 Å². The molecule has 2 rings (SSSR count). The molecule has 0 fully saturated rings. The molecule has 0 bridgehead atoms. The van der Waals surface area contributed by atoms with Crippen LogP contribution in [-0.2, 0) is 15.4 Å². The van der Waals surface area contributed by atoms with Gasteiger partial charge in [-0.1, -0.05) is 22.4 Å². The molecule has 1 N–H and O–H groups in total. The Balaban J connectivity index is 2.15. The minimum absolute atomic E-state index is 0.697. The molecule has 0 aliphatic heterocycles. The number of hydrogen-bond donors (Lipinski definition) is 1. The standard InChI is InChI=1S/C14H15Br2N2O2S/c1-9-4-10(2)14(11(3)5-9)21(19)20-17-18-7-12(15)6-13(16)8-18/h4-8,17H,1-3H3/q+1. The molecule has 0 aliphatic carbocycles. The Kier molecular flexibility index (Phi) is 5.54. The van der Waals surface area contributed by atoms with Crippen LogP contribution in [0.1, 0.15) is 16.7 Å². The summed E-state index contributed by atoms with van der Waals surface area (Å²) in [6, 6.07) is 5.88. The third-order valence-corrected chi connectivity index (χ3v) is 4.86. The molecule has 2 aromatic rings. The fourth-order valence-corrected chi connectivity index (χ4v) is 4.23. The number of aryl methyl sites for hydroxylation is 3. The molecular formula is C14H15Br2N2O2S+. The molecule has 7 heteroatoms. The number of nitrogens with one attached hydrogen (secondary N) is 1. The molecule has 0 saturated heterocycles. The van der Waals surface area contributed by atoms with E-state index in [-0.39, 0.29) is 0 Å². The van der Waals surface area contributed by atoms with Gasteiger partial charge in [0.1, 0.15) is 0 Å². The summed E-state index contributed by atoms with van der Waals surface area (Å²) < 4.78 is 20.9. The lowest BCUT2D eigenvalue weighted by atomic mass is 10.1. The second-order valence-corrected chi connectivity index (χ2v) is 7.59. The van der Waals surface area contributed by atoms with Crippen molar-refractivity contribution in [3.05, 3.63) is 56.2 Å². The van der Waals surface area contributed by atoms with Crippen molar-refractivity contribution < 1.29 is 13.2 Å². The van der Waals surface area contributed by atoms with Gasteiger partial charge in [0.05, 0.1) is 13.8 Å². The van der Waals surface area contributed by atoms with Gasteiger partial charge in [0.15, 0.2) is 0 Å². The van der Waals surface area contributed by atoms with Crippen molar-refractivity contribution in [3.63, 3.8) is 0 Å². The van der Waals surface area contributed by atoms with E-state index in [9.17, 15) is 4.21 Å². The first kappa shape index (κ1) is 16.6. The van der Waals surface area contributed by atoms with Crippen LogP contribution in [0.15, 0.2) is 44.4 Å². The van der Waals surface area contributed by atoms with Crippen LogP contribution in [0.25, 0.3) is 0 Å². The average Bonchev–Trinajstić information content (AvgIpc) is 2.34. The van der Waals surface area contributed by atoms with Gasteiger partial charge < -0.3 is 0 Å². The number of pyridine rings is 1. The third kappa shape index (κ3) is 4.35. The van der Waals surface area contributed by atoms with Crippen LogP contribution < -0.4 is 10.3 Å². The van der Waals surface area contributed by atoms with Crippen molar-refractivity contribution in [2.45, 2.75) is 25.7 Å². The predicted molar refractivity (Wildman–Crippen MR) is 89.5 cm³/mol. The van der Waals surface area contributed by atoms with Gasteiger partial charge in [0.25, 0.3) is 0 Å². The summed E-state index contributed by atoms with van der Waals surface area (Å²) in [6.45, 7) is 5.87. The van der Waals surface area contributed by atoms with E-state index in [1.807, 2.05) is 39.0 Å². The van der Waals surface area contributed by atoms with Crippen LogP contribution in [0, 0.1) is 20.8 Å². The van der Waals surface area contributed by atoms with Crippen LogP contribution in [0.3, 0.4) is 0 Å². The first-order valence-electron chi connectivity index (χ1n) is 6.17. The normalized spacial score (nSPS) is 12.2. The Morgan fingerprint density at radius 3 is 2.10 bits per heavy atom. The van der Waals surface area contributed by atoms with Gasteiger partial charge in [-0.2, -0.15) is 0 Å². The maximum atomic E-state index is 12.3. The second-order valence-electron chi connectivity index (χ2n) is 4.72. The van der Waals surface area contributed by atoms with Crippen LogP contribution in [0.2, 0.25) is 0 Å². The zero-order valence-corrected chi connectivity index (χ0v) is 15.8. The number of aromatic nitrogens is 1. The summed E-state index contributed by atoms with van der Waals surface area (Å²) >= 11 is 5.16. The SMILES string of the molecule is Cc1cc(C)c(S(=O)ON[n+]2cc(Br)cc(Br)c2)c(C)c1. The van der Waals surface area contributed by atoms with Crippen LogP contribution >= 0.6 is 31.9 Å². The van der Waals surface area contributed by atoms with Crippen molar-refractivity contribution >= 4 is 42.9 Å². The van der Waals surface area contributed by atoms with E-state index in [1.54, 1.807) is 17.1 Å². The van der Waals surface area contributed by atoms with Crippen molar-refractivity contribution in [1.29, 1.82) is 0 Å². The van der Waals surface area contributed by atoms with E-state index >= 15 is 0 Å². The quantitative estimate of drug-likeness (QED) is 0.590. The summed E-state index contributed by atoms with van der Waals surface area (Å²) in [6.07, 6.45) is 3.52. The van der Waals surface area contributed by atoms with E-state index in [0.717, 1.165) is 25.6 Å². The molecule has 1 heterocycles. The first-order chi connectivity index (χ1) is 9.86. The zero-order chi connectivity index (χ0) is 15.6. The second kappa shape index (κ2) is 7.00. The molecule has 4 nitrogen and oxygen atoms in total. The van der Waals surface area contributed by atoms with E-state index in [1.165, 1.54) is 0 Å². The summed E-state index contributed by atoms with van der Waals surface area (Å²) in [5, 5.41) is 0. The minimum Gasteiger partial charge on any atom is -0.222 e. The molecule has 0 amide bonds. The highest BCUT2D eigenvalue weighted by Crippen LogP contribution is 2.20. The lowest BCUT2D eigenvalue weighted by Gasteiger charge is -2.09. The van der Waals surface area contributed by atoms with E-state index < -0.39 is 11.1 Å². The van der Waals surface area contributed by atoms with Gasteiger partial charge in [-0.15, -0.1) is 4.28 Å². The maximum absolute atomic E-state index is 12.3. The highest BCUT2D eigenvalue weighted by molar-refractivity contribution is 9.11. The number of hydrogen-bond acceptors (Lipinski definition) is 3. The molecule has 21 heavy (non-hydrogen) atoms. The third-order valence-electron chi connectivity index (χ3n) is 2.79. The number of benzene rings is 1. The molecule has 0 aliphatic rings. The molecule has 0 saturated carbocycles. The maximum Gasteiger partial charge on any atom is 0.218 e. The number of nitrogens with zero attached hydrogens (tertiary/aromatic N) is 1. The Labute approximate surface area is 143 Å². The highest BCUT2D eigenvalue weighted by Gasteiger charge is 2.15. The fraction of sp³-hybridized carbons (Fsp3) is 0.214. The average molecular weight is 435 g/mol. The van der Waals surface area contributed by atoms with Gasteiger partial charge in [0, 0.05) is 0 Å². The summed E-state index contributed by atoms with van der Waals surface area (Å²) in [5.74, 6) is 0. The summed E-state index contributed by atoms with van der Waals surface area (Å²) in [5.41, 5.74) is 5.70. The van der Waals surface area contributed by atoms with Crippen LogP contribution in [0.5, 0.6) is 0 Å². The topological polar surface area (TPSA) is 42.2 Å². The molecule has 0 spiro atoms. The van der Waals surface area contributed by atoms with Crippen molar-refractivity contribution in [2.24, 2.45) is 0 Å². The van der Waals surface area contributed by atoms with Crippen molar-refractivity contribution in [1.82, 2.24) is 0 Å². The predicted octanol–water partition coefficient (Wildman–Crippen LogP) is 3.62. The lowest BCUT2D eigenvalue weighted by molar-refractivity contribution is -0.674. The van der Waals surface area contributed by atoms with Gasteiger partial charge in [-0.3, -0.25) is 0 Å². The molecule has 1 aromatic carbocycles. The zero-order valence-electron chi connectivity index (χ0n) is 11.8. The Morgan fingerprint density at radius 2 is 1.57 bits per heavy atom. The smallest absolute Gasteiger partial charge is 0.218 e. The van der Waals surface area contributed by atoms with Crippen molar-refractivity contribution in [2.75, 3.05) is 5.59 Å². The first-order valence-corrected chi connectivity index (χ1v) is 8.83. The Bertz CT molecular complexity index is 664. The van der Waals surface area contributed by atoms with Gasteiger partial charge in [-0.25, -0.2) is 4.21 Å². The molecular weight excluding hydrogens is 420 g/mol. The fourth-order valence-electron chi connectivity index (χ4n) is 2.11. The van der Waals surface area contributed by atoms with Gasteiger partial charge in [0.2, 0.25) is 23.5 Å². The Morgan fingerprint density at radius 1 is 1.05 bits per heavy atom. The van der Waals surface area contributed by atoms with Gasteiger partial charge >= 0.3 is 0 Å². The largest absolute Gasteiger partial charge is 0.222 e. The summed E-state index contributed by atoms with van der Waals surface area (Å²) in [4.78, 5) is 0.697. The van der Waals surface area contributed by atoms with Crippen LogP contribution in [0.4, 0.5) is 0 Å². The molecule has 0 radical (unpaired) electrons. The van der Waals surface area contributed by atoms with Crippen LogP contribution in [-0.4, -0.2) is 4.21 Å². The monoisotopic (exact) mass is 433 g/mol.